The lowest BCUT2D eigenvalue weighted by Gasteiger charge is -2.08. The smallest absolute Gasteiger partial charge is 0.253 e. The van der Waals surface area contributed by atoms with Crippen molar-refractivity contribution in [1.82, 2.24) is 10.3 Å². The van der Waals surface area contributed by atoms with Crippen molar-refractivity contribution in [2.75, 3.05) is 18.4 Å². The summed E-state index contributed by atoms with van der Waals surface area (Å²) in [6, 6.07) is 3.58. The molecular formula is C18H23N3O. The van der Waals surface area contributed by atoms with Crippen LogP contribution in [0.25, 0.3) is 0 Å². The second-order valence-corrected chi connectivity index (χ2v) is 5.46. The average Bonchev–Trinajstić information content (AvgIpc) is 2.82. The van der Waals surface area contributed by atoms with Crippen molar-refractivity contribution in [1.29, 1.82) is 0 Å². The maximum absolute atomic E-state index is 11.7. The minimum Gasteiger partial charge on any atom is -0.370 e. The maximum atomic E-state index is 11.7. The standard InChI is InChI=1S/C18H23N3O/c1-2-12-20-18(22)16-9-10-17(21-14-16)19-13-11-15-7-5-3-4-6-8-15/h1,7,9-10,14H,3-6,8,11-13H2,(H,19,21)(H,20,22). The Morgan fingerprint density at radius 2 is 2.23 bits per heavy atom. The normalized spacial score (nSPS) is 14.4. The van der Waals surface area contributed by atoms with Crippen LogP contribution in [0.5, 0.6) is 0 Å². The third-order valence-corrected chi connectivity index (χ3v) is 3.76. The van der Waals surface area contributed by atoms with Gasteiger partial charge in [-0.3, -0.25) is 4.79 Å². The van der Waals surface area contributed by atoms with Crippen LogP contribution in [-0.4, -0.2) is 24.0 Å². The van der Waals surface area contributed by atoms with Crippen molar-refractivity contribution in [3.05, 3.63) is 35.5 Å². The van der Waals surface area contributed by atoms with Crippen LogP contribution in [0.2, 0.25) is 0 Å². The molecule has 2 rings (SSSR count). The van der Waals surface area contributed by atoms with E-state index in [-0.39, 0.29) is 12.5 Å². The van der Waals surface area contributed by atoms with Crippen molar-refractivity contribution in [3.8, 4) is 12.3 Å². The molecule has 2 N–H and O–H groups in total. The minimum absolute atomic E-state index is 0.194. The number of pyridine rings is 1. The molecule has 4 nitrogen and oxygen atoms in total. The van der Waals surface area contributed by atoms with Crippen LogP contribution < -0.4 is 10.6 Å². The van der Waals surface area contributed by atoms with Gasteiger partial charge >= 0.3 is 0 Å². The summed E-state index contributed by atoms with van der Waals surface area (Å²) in [5, 5.41) is 5.92. The molecule has 0 saturated carbocycles. The molecule has 0 spiro atoms. The maximum Gasteiger partial charge on any atom is 0.253 e. The SMILES string of the molecule is C#CCNC(=O)c1ccc(NCCC2=CCCCCC2)nc1. The molecule has 1 amide bonds. The molecule has 0 atom stereocenters. The van der Waals surface area contributed by atoms with E-state index in [0.29, 0.717) is 5.56 Å². The number of carbonyl (C=O) groups excluding carboxylic acids is 1. The zero-order chi connectivity index (χ0) is 15.6. The summed E-state index contributed by atoms with van der Waals surface area (Å²) in [5.41, 5.74) is 2.07. The van der Waals surface area contributed by atoms with E-state index in [9.17, 15) is 4.79 Å². The van der Waals surface area contributed by atoms with Gasteiger partial charge in [0.1, 0.15) is 5.82 Å². The highest BCUT2D eigenvalue weighted by Crippen LogP contribution is 2.19. The van der Waals surface area contributed by atoms with Crippen LogP contribution in [0.4, 0.5) is 5.82 Å². The Labute approximate surface area is 132 Å². The first-order chi connectivity index (χ1) is 10.8. The summed E-state index contributed by atoms with van der Waals surface area (Å²) in [6.07, 6.45) is 16.6. The topological polar surface area (TPSA) is 54.0 Å². The average molecular weight is 297 g/mol. The third kappa shape index (κ3) is 5.25. The molecule has 0 saturated heterocycles. The van der Waals surface area contributed by atoms with E-state index >= 15 is 0 Å². The molecule has 1 aliphatic rings. The van der Waals surface area contributed by atoms with Gasteiger partial charge in [0.25, 0.3) is 5.91 Å². The summed E-state index contributed by atoms with van der Waals surface area (Å²) in [5.74, 6) is 2.97. The van der Waals surface area contributed by atoms with E-state index < -0.39 is 0 Å². The van der Waals surface area contributed by atoms with Gasteiger partial charge in [0.05, 0.1) is 12.1 Å². The van der Waals surface area contributed by atoms with Gasteiger partial charge < -0.3 is 10.6 Å². The molecule has 116 valence electrons. The minimum atomic E-state index is -0.194. The van der Waals surface area contributed by atoms with Crippen LogP contribution >= 0.6 is 0 Å². The molecule has 1 aliphatic carbocycles. The van der Waals surface area contributed by atoms with Gasteiger partial charge in [-0.25, -0.2) is 4.98 Å². The highest BCUT2D eigenvalue weighted by atomic mass is 16.1. The number of hydrogen-bond donors (Lipinski definition) is 2. The second-order valence-electron chi connectivity index (χ2n) is 5.46. The number of nitrogens with zero attached hydrogens (tertiary/aromatic N) is 1. The van der Waals surface area contributed by atoms with Gasteiger partial charge in [-0.2, -0.15) is 0 Å². The summed E-state index contributed by atoms with van der Waals surface area (Å²) in [4.78, 5) is 16.0. The molecule has 22 heavy (non-hydrogen) atoms. The molecule has 0 bridgehead atoms. The second kappa shape index (κ2) is 8.89. The molecule has 0 fully saturated rings. The Bertz CT molecular complexity index is 555. The first kappa shape index (κ1) is 16.1. The Kier molecular flexibility index (Phi) is 6.50. The first-order valence-electron chi connectivity index (χ1n) is 7.89. The first-order valence-corrected chi connectivity index (χ1v) is 7.89. The monoisotopic (exact) mass is 297 g/mol. The zero-order valence-corrected chi connectivity index (χ0v) is 12.9. The van der Waals surface area contributed by atoms with Gasteiger partial charge in [-0.15, -0.1) is 6.42 Å². The van der Waals surface area contributed by atoms with E-state index in [4.69, 9.17) is 6.42 Å². The van der Waals surface area contributed by atoms with E-state index in [1.54, 1.807) is 17.8 Å². The molecule has 1 aromatic heterocycles. The number of carbonyl (C=O) groups is 1. The summed E-state index contributed by atoms with van der Waals surface area (Å²) in [7, 11) is 0. The lowest BCUT2D eigenvalue weighted by molar-refractivity contribution is 0.0958. The van der Waals surface area contributed by atoms with Crippen molar-refractivity contribution in [3.63, 3.8) is 0 Å². The fourth-order valence-electron chi connectivity index (χ4n) is 2.53. The highest BCUT2D eigenvalue weighted by Gasteiger charge is 2.05. The van der Waals surface area contributed by atoms with E-state index in [1.165, 1.54) is 32.1 Å². The van der Waals surface area contributed by atoms with Crippen molar-refractivity contribution < 1.29 is 4.79 Å². The van der Waals surface area contributed by atoms with Crippen LogP contribution in [0.1, 0.15) is 48.9 Å². The Morgan fingerprint density at radius 1 is 1.32 bits per heavy atom. The number of terminal acetylenes is 1. The summed E-state index contributed by atoms with van der Waals surface area (Å²) in [6.45, 7) is 1.11. The Hall–Kier alpha value is -2.28. The van der Waals surface area contributed by atoms with E-state index in [0.717, 1.165) is 18.8 Å². The number of anilines is 1. The number of allylic oxidation sites excluding steroid dienone is 1. The molecule has 1 aromatic rings. The predicted molar refractivity (Wildman–Crippen MR) is 89.7 cm³/mol. The van der Waals surface area contributed by atoms with Gasteiger partial charge in [-0.1, -0.05) is 24.0 Å². The fraction of sp³-hybridized carbons (Fsp3) is 0.444. The number of nitrogens with one attached hydrogen (secondary N) is 2. The van der Waals surface area contributed by atoms with Crippen LogP contribution in [-0.2, 0) is 0 Å². The zero-order valence-electron chi connectivity index (χ0n) is 12.9. The summed E-state index contributed by atoms with van der Waals surface area (Å²) < 4.78 is 0. The highest BCUT2D eigenvalue weighted by molar-refractivity contribution is 5.94. The van der Waals surface area contributed by atoms with Crippen LogP contribution in [0.15, 0.2) is 30.0 Å². The van der Waals surface area contributed by atoms with Gasteiger partial charge in [0.2, 0.25) is 0 Å². The predicted octanol–water partition coefficient (Wildman–Crippen LogP) is 3.14. The number of aromatic nitrogens is 1. The molecule has 1 heterocycles. The largest absolute Gasteiger partial charge is 0.370 e. The number of rotatable bonds is 6. The molecule has 0 aliphatic heterocycles. The Balaban J connectivity index is 1.77. The number of hydrogen-bond acceptors (Lipinski definition) is 3. The van der Waals surface area contributed by atoms with E-state index in [1.807, 2.05) is 6.07 Å². The molecule has 0 unspecified atom stereocenters. The summed E-state index contributed by atoms with van der Waals surface area (Å²) >= 11 is 0. The van der Waals surface area contributed by atoms with Crippen molar-refractivity contribution >= 4 is 11.7 Å². The molecular weight excluding hydrogens is 274 g/mol. The molecule has 0 radical (unpaired) electrons. The quantitative estimate of drug-likeness (QED) is 0.626. The third-order valence-electron chi connectivity index (χ3n) is 3.76. The lowest BCUT2D eigenvalue weighted by Crippen LogP contribution is -2.23. The molecule has 0 aromatic carbocycles. The fourth-order valence-corrected chi connectivity index (χ4v) is 2.53. The van der Waals surface area contributed by atoms with Crippen molar-refractivity contribution in [2.45, 2.75) is 38.5 Å². The van der Waals surface area contributed by atoms with Crippen LogP contribution in [0, 0.1) is 12.3 Å². The Morgan fingerprint density at radius 3 is 3.00 bits per heavy atom. The van der Waals surface area contributed by atoms with Crippen LogP contribution in [0.3, 0.4) is 0 Å². The van der Waals surface area contributed by atoms with E-state index in [2.05, 4.69) is 27.6 Å². The number of amides is 1. The molecule has 4 heteroatoms. The van der Waals surface area contributed by atoms with Crippen molar-refractivity contribution in [2.24, 2.45) is 0 Å². The lowest BCUT2D eigenvalue weighted by atomic mass is 10.1. The van der Waals surface area contributed by atoms with Gasteiger partial charge in [0, 0.05) is 12.7 Å². The van der Waals surface area contributed by atoms with Gasteiger partial charge in [-0.05, 0) is 44.2 Å². The van der Waals surface area contributed by atoms with Gasteiger partial charge in [0.15, 0.2) is 0 Å².